The van der Waals surface area contributed by atoms with Gasteiger partial charge in [-0.05, 0) is 57.6 Å². The van der Waals surface area contributed by atoms with Gasteiger partial charge in [-0.2, -0.15) is 0 Å². The average Bonchev–Trinajstić information content (AvgIpc) is 3.25. The van der Waals surface area contributed by atoms with Gasteiger partial charge in [0.15, 0.2) is 5.69 Å². The summed E-state index contributed by atoms with van der Waals surface area (Å²) in [6, 6.07) is 8.09. The van der Waals surface area contributed by atoms with E-state index in [1.165, 1.54) is 0 Å². The molecule has 1 N–H and O–H groups in total. The molecule has 1 aliphatic rings. The molecule has 1 unspecified atom stereocenters. The smallest absolute Gasteiger partial charge is 0.273 e. The fourth-order valence-electron chi connectivity index (χ4n) is 4.05. The van der Waals surface area contributed by atoms with Gasteiger partial charge in [-0.15, -0.1) is 5.10 Å². The van der Waals surface area contributed by atoms with E-state index >= 15 is 0 Å². The van der Waals surface area contributed by atoms with E-state index in [0.717, 1.165) is 43.5 Å². The summed E-state index contributed by atoms with van der Waals surface area (Å²) in [4.78, 5) is 27.1. The number of aryl methyl sites for hydroxylation is 2. The minimum atomic E-state index is -0.216. The molecular weight excluding hydrogens is 394 g/mol. The highest BCUT2D eigenvalue weighted by Crippen LogP contribution is 2.23. The number of para-hydroxylation sites is 1. The third-order valence-electron chi connectivity index (χ3n) is 5.63. The fraction of sp³-hybridized carbons (Fsp3) is 0.565. The van der Waals surface area contributed by atoms with Crippen LogP contribution in [0.15, 0.2) is 30.5 Å². The van der Waals surface area contributed by atoms with Gasteiger partial charge in [0.1, 0.15) is 5.75 Å². The van der Waals surface area contributed by atoms with Crippen molar-refractivity contribution in [2.24, 2.45) is 0 Å². The molecule has 8 nitrogen and oxygen atoms in total. The molecule has 1 aromatic heterocycles. The molecule has 0 radical (unpaired) electrons. The van der Waals surface area contributed by atoms with Crippen LogP contribution in [0.4, 0.5) is 0 Å². The summed E-state index contributed by atoms with van der Waals surface area (Å²) >= 11 is 0. The number of amides is 2. The number of hydrogen-bond acceptors (Lipinski definition) is 5. The van der Waals surface area contributed by atoms with Crippen molar-refractivity contribution < 1.29 is 14.3 Å². The van der Waals surface area contributed by atoms with Gasteiger partial charge < -0.3 is 15.0 Å². The van der Waals surface area contributed by atoms with Crippen LogP contribution in [0, 0.1) is 0 Å². The summed E-state index contributed by atoms with van der Waals surface area (Å²) in [6.45, 7) is 5.24. The molecule has 2 heterocycles. The van der Waals surface area contributed by atoms with Gasteiger partial charge in [-0.25, -0.2) is 0 Å². The zero-order valence-corrected chi connectivity index (χ0v) is 18.7. The van der Waals surface area contributed by atoms with Crippen LogP contribution in [-0.4, -0.2) is 57.4 Å². The Bertz CT molecular complexity index is 880. The van der Waals surface area contributed by atoms with Crippen LogP contribution in [0.1, 0.15) is 62.0 Å². The molecule has 31 heavy (non-hydrogen) atoms. The molecule has 0 bridgehead atoms. The Morgan fingerprint density at radius 2 is 2.06 bits per heavy atom. The van der Waals surface area contributed by atoms with Crippen molar-refractivity contribution in [1.82, 2.24) is 25.2 Å². The molecule has 2 aromatic rings. The zero-order valence-electron chi connectivity index (χ0n) is 18.7. The number of carbonyl (C=O) groups excluding carboxylic acids is 2. The van der Waals surface area contributed by atoms with Gasteiger partial charge in [0.2, 0.25) is 5.91 Å². The lowest BCUT2D eigenvalue weighted by Crippen LogP contribution is -2.44. The monoisotopic (exact) mass is 427 g/mol. The van der Waals surface area contributed by atoms with Crippen LogP contribution in [0.5, 0.6) is 5.75 Å². The van der Waals surface area contributed by atoms with E-state index < -0.39 is 0 Å². The first-order chi connectivity index (χ1) is 15.0. The standard InChI is InChI=1S/C23H33N5O3/c1-17(2)24-23(30)20-16-27(26-25-20)15-13-19-9-6-7-14-28(19)22(29)12-11-18-8-4-5-10-21(18)31-3/h4-5,8,10,16-17,19H,6-7,9,11-15H2,1-3H3,(H,24,30). The van der Waals surface area contributed by atoms with Crippen LogP contribution in [-0.2, 0) is 17.8 Å². The average molecular weight is 428 g/mol. The van der Waals surface area contributed by atoms with Crippen molar-refractivity contribution in [2.75, 3.05) is 13.7 Å². The quantitative estimate of drug-likeness (QED) is 0.665. The molecule has 1 aromatic carbocycles. The normalized spacial score (nSPS) is 16.4. The third-order valence-corrected chi connectivity index (χ3v) is 5.63. The Balaban J connectivity index is 1.55. The minimum Gasteiger partial charge on any atom is -0.496 e. The van der Waals surface area contributed by atoms with Gasteiger partial charge in [0, 0.05) is 31.6 Å². The highest BCUT2D eigenvalue weighted by atomic mass is 16.5. The van der Waals surface area contributed by atoms with Crippen LogP contribution in [0.25, 0.3) is 0 Å². The number of benzene rings is 1. The third kappa shape index (κ3) is 6.29. The van der Waals surface area contributed by atoms with E-state index in [-0.39, 0.29) is 23.9 Å². The second kappa shape index (κ2) is 10.9. The van der Waals surface area contributed by atoms with Crippen molar-refractivity contribution in [3.8, 4) is 5.75 Å². The van der Waals surface area contributed by atoms with Crippen molar-refractivity contribution >= 4 is 11.8 Å². The lowest BCUT2D eigenvalue weighted by atomic mass is 9.98. The first-order valence-corrected chi connectivity index (χ1v) is 11.1. The van der Waals surface area contributed by atoms with Crippen molar-refractivity contribution in [2.45, 2.75) is 71.0 Å². The molecule has 168 valence electrons. The summed E-state index contributed by atoms with van der Waals surface area (Å²) < 4.78 is 7.10. The number of aromatic nitrogens is 3. The lowest BCUT2D eigenvalue weighted by molar-refractivity contribution is -0.135. The van der Waals surface area contributed by atoms with Gasteiger partial charge >= 0.3 is 0 Å². The number of likely N-dealkylation sites (tertiary alicyclic amines) is 1. The SMILES string of the molecule is COc1ccccc1CCC(=O)N1CCCCC1CCn1cc(C(=O)NC(C)C)nn1. The molecule has 0 aliphatic carbocycles. The molecule has 1 atom stereocenters. The number of piperidine rings is 1. The van der Waals surface area contributed by atoms with Crippen LogP contribution < -0.4 is 10.1 Å². The van der Waals surface area contributed by atoms with E-state index in [4.69, 9.17) is 4.74 Å². The van der Waals surface area contributed by atoms with Gasteiger partial charge in [-0.3, -0.25) is 14.3 Å². The van der Waals surface area contributed by atoms with Crippen LogP contribution in [0.3, 0.4) is 0 Å². The summed E-state index contributed by atoms with van der Waals surface area (Å²) in [7, 11) is 1.66. The number of carbonyl (C=O) groups is 2. The second-order valence-corrected chi connectivity index (χ2v) is 8.33. The van der Waals surface area contributed by atoms with Gasteiger partial charge in [0.05, 0.1) is 13.3 Å². The highest BCUT2D eigenvalue weighted by Gasteiger charge is 2.26. The first kappa shape index (κ1) is 22.8. The number of ether oxygens (including phenoxy) is 1. The Hall–Kier alpha value is -2.90. The number of nitrogens with zero attached hydrogens (tertiary/aromatic N) is 4. The largest absolute Gasteiger partial charge is 0.496 e. The van der Waals surface area contributed by atoms with Crippen molar-refractivity contribution in [3.05, 3.63) is 41.7 Å². The maximum Gasteiger partial charge on any atom is 0.273 e. The maximum atomic E-state index is 13.0. The molecule has 3 rings (SSSR count). The van der Waals surface area contributed by atoms with E-state index in [9.17, 15) is 9.59 Å². The molecule has 0 saturated carbocycles. The van der Waals surface area contributed by atoms with Crippen LogP contribution in [0.2, 0.25) is 0 Å². The number of hydrogen-bond donors (Lipinski definition) is 1. The Kier molecular flexibility index (Phi) is 8.03. The summed E-state index contributed by atoms with van der Waals surface area (Å²) in [6.07, 6.45) is 6.78. The van der Waals surface area contributed by atoms with E-state index in [1.54, 1.807) is 18.0 Å². The Labute approximate surface area is 183 Å². The summed E-state index contributed by atoms with van der Waals surface area (Å²) in [5.41, 5.74) is 1.38. The van der Waals surface area contributed by atoms with Crippen molar-refractivity contribution in [1.29, 1.82) is 0 Å². The Morgan fingerprint density at radius 3 is 2.84 bits per heavy atom. The second-order valence-electron chi connectivity index (χ2n) is 8.33. The van der Waals surface area contributed by atoms with E-state index in [0.29, 0.717) is 25.1 Å². The molecule has 8 heteroatoms. The predicted molar refractivity (Wildman–Crippen MR) is 118 cm³/mol. The van der Waals surface area contributed by atoms with E-state index in [2.05, 4.69) is 15.6 Å². The van der Waals surface area contributed by atoms with Gasteiger partial charge in [0.25, 0.3) is 5.91 Å². The lowest BCUT2D eigenvalue weighted by Gasteiger charge is -2.36. The molecule has 1 aliphatic heterocycles. The summed E-state index contributed by atoms with van der Waals surface area (Å²) in [5.74, 6) is 0.798. The number of rotatable bonds is 9. The molecule has 2 amide bonds. The van der Waals surface area contributed by atoms with Crippen LogP contribution >= 0.6 is 0 Å². The number of methoxy groups -OCH3 is 1. The summed E-state index contributed by atoms with van der Waals surface area (Å²) in [5, 5.41) is 10.9. The molecule has 1 fully saturated rings. The molecule has 0 spiro atoms. The minimum absolute atomic E-state index is 0.0512. The Morgan fingerprint density at radius 1 is 1.26 bits per heavy atom. The first-order valence-electron chi connectivity index (χ1n) is 11.1. The topological polar surface area (TPSA) is 89.4 Å². The van der Waals surface area contributed by atoms with E-state index in [1.807, 2.05) is 43.0 Å². The van der Waals surface area contributed by atoms with Gasteiger partial charge in [-0.1, -0.05) is 23.4 Å². The maximum absolute atomic E-state index is 13.0. The van der Waals surface area contributed by atoms with Crippen molar-refractivity contribution in [3.63, 3.8) is 0 Å². The predicted octanol–water partition coefficient (Wildman–Crippen LogP) is 2.83. The fourth-order valence-corrected chi connectivity index (χ4v) is 4.05. The molecule has 1 saturated heterocycles. The zero-order chi connectivity index (χ0) is 22.2. The highest BCUT2D eigenvalue weighted by molar-refractivity contribution is 5.91. The number of nitrogens with one attached hydrogen (secondary N) is 1. The molecular formula is C23H33N5O3.